The van der Waals surface area contributed by atoms with E-state index in [1.54, 1.807) is 22.7 Å². The van der Waals surface area contributed by atoms with Gasteiger partial charge in [-0.1, -0.05) is 32.9 Å². The molecule has 0 spiro atoms. The number of hydrogen-bond donors (Lipinski definition) is 1. The fraction of sp³-hybridized carbons (Fsp3) is 0.333. The van der Waals surface area contributed by atoms with Crippen molar-refractivity contribution >= 4 is 32.9 Å². The van der Waals surface area contributed by atoms with Crippen LogP contribution in [0.5, 0.6) is 0 Å². The maximum Gasteiger partial charge on any atom is 0.143 e. The van der Waals surface area contributed by atoms with Gasteiger partial charge in [-0.25, -0.2) is 9.97 Å². The van der Waals surface area contributed by atoms with Gasteiger partial charge < -0.3 is 5.73 Å². The molecule has 1 atom stereocenters. The zero-order valence-electron chi connectivity index (χ0n) is 11.8. The van der Waals surface area contributed by atoms with Crippen molar-refractivity contribution < 1.29 is 0 Å². The fourth-order valence-corrected chi connectivity index (χ4v) is 3.93. The van der Waals surface area contributed by atoms with Crippen molar-refractivity contribution in [2.75, 3.05) is 0 Å². The molecule has 20 heavy (non-hydrogen) atoms. The van der Waals surface area contributed by atoms with E-state index in [2.05, 4.69) is 42.2 Å². The topological polar surface area (TPSA) is 51.8 Å². The molecule has 3 aromatic rings. The minimum Gasteiger partial charge on any atom is -0.322 e. The lowest BCUT2D eigenvalue weighted by atomic mass is 9.88. The maximum absolute atomic E-state index is 6.27. The van der Waals surface area contributed by atoms with E-state index in [-0.39, 0.29) is 11.5 Å². The second kappa shape index (κ2) is 4.91. The summed E-state index contributed by atoms with van der Waals surface area (Å²) < 4.78 is 1.19. The van der Waals surface area contributed by atoms with E-state index in [0.29, 0.717) is 0 Å². The summed E-state index contributed by atoms with van der Waals surface area (Å²) in [6, 6.07) is 8.12. The van der Waals surface area contributed by atoms with Crippen LogP contribution in [-0.2, 0) is 0 Å². The molecule has 0 radical (unpaired) electrons. The van der Waals surface area contributed by atoms with Crippen molar-refractivity contribution in [2.24, 2.45) is 11.1 Å². The van der Waals surface area contributed by atoms with Crippen LogP contribution >= 0.6 is 22.7 Å². The molecule has 0 amide bonds. The molecule has 5 heteroatoms. The summed E-state index contributed by atoms with van der Waals surface area (Å²) in [4.78, 5) is 9.32. The van der Waals surface area contributed by atoms with Gasteiger partial charge in [0.1, 0.15) is 15.7 Å². The first-order valence-corrected chi connectivity index (χ1v) is 8.22. The highest BCUT2D eigenvalue weighted by atomic mass is 32.1. The zero-order chi connectivity index (χ0) is 14.3. The van der Waals surface area contributed by atoms with Crippen LogP contribution in [0.15, 0.2) is 29.6 Å². The molecule has 2 aromatic heterocycles. The summed E-state index contributed by atoms with van der Waals surface area (Å²) in [7, 11) is 0. The first-order valence-electron chi connectivity index (χ1n) is 6.52. The number of nitrogens with two attached hydrogens (primary N) is 1. The Balaban J connectivity index is 1.97. The summed E-state index contributed by atoms with van der Waals surface area (Å²) >= 11 is 3.29. The van der Waals surface area contributed by atoms with Crippen LogP contribution in [0.4, 0.5) is 0 Å². The van der Waals surface area contributed by atoms with Crippen LogP contribution in [0.3, 0.4) is 0 Å². The average Bonchev–Trinajstić information content (AvgIpc) is 3.03. The van der Waals surface area contributed by atoms with Crippen molar-refractivity contribution in [1.82, 2.24) is 9.97 Å². The van der Waals surface area contributed by atoms with E-state index < -0.39 is 0 Å². The molecule has 104 valence electrons. The molecule has 2 heterocycles. The van der Waals surface area contributed by atoms with Gasteiger partial charge in [0.15, 0.2) is 0 Å². The van der Waals surface area contributed by atoms with Gasteiger partial charge in [-0.2, -0.15) is 0 Å². The third-order valence-corrected chi connectivity index (χ3v) is 5.22. The lowest BCUT2D eigenvalue weighted by Crippen LogP contribution is -2.26. The molecule has 0 saturated carbocycles. The van der Waals surface area contributed by atoms with Crippen LogP contribution in [0.2, 0.25) is 0 Å². The van der Waals surface area contributed by atoms with E-state index in [0.717, 1.165) is 21.2 Å². The Morgan fingerprint density at radius 3 is 2.60 bits per heavy atom. The Kier molecular flexibility index (Phi) is 3.36. The van der Waals surface area contributed by atoms with Crippen LogP contribution in [0.1, 0.15) is 31.8 Å². The summed E-state index contributed by atoms with van der Waals surface area (Å²) in [5.74, 6) is 0. The van der Waals surface area contributed by atoms with E-state index in [1.807, 2.05) is 18.2 Å². The van der Waals surface area contributed by atoms with Crippen LogP contribution in [0.25, 0.3) is 20.9 Å². The Labute approximate surface area is 126 Å². The highest BCUT2D eigenvalue weighted by molar-refractivity contribution is 7.21. The predicted octanol–water partition coefficient (Wildman–Crippen LogP) is 4.47. The minimum atomic E-state index is -0.0457. The van der Waals surface area contributed by atoms with Crippen molar-refractivity contribution in [3.8, 4) is 10.7 Å². The van der Waals surface area contributed by atoms with Gasteiger partial charge in [0.25, 0.3) is 0 Å². The van der Waals surface area contributed by atoms with Gasteiger partial charge >= 0.3 is 0 Å². The average molecular weight is 303 g/mol. The molecular formula is C15H17N3S2. The van der Waals surface area contributed by atoms with Crippen LogP contribution in [-0.4, -0.2) is 9.97 Å². The number of thiazole rings is 2. The summed E-state index contributed by atoms with van der Waals surface area (Å²) in [6.45, 7) is 6.41. The van der Waals surface area contributed by atoms with Crippen molar-refractivity contribution in [3.63, 3.8) is 0 Å². The highest BCUT2D eigenvalue weighted by Crippen LogP contribution is 2.36. The largest absolute Gasteiger partial charge is 0.322 e. The number of para-hydroxylation sites is 1. The monoisotopic (exact) mass is 303 g/mol. The number of hydrogen-bond acceptors (Lipinski definition) is 5. The Hall–Kier alpha value is -1.30. The molecule has 0 saturated heterocycles. The fourth-order valence-electron chi connectivity index (χ4n) is 1.88. The van der Waals surface area contributed by atoms with Gasteiger partial charge in [0.2, 0.25) is 0 Å². The number of rotatable bonds is 2. The molecule has 0 aliphatic carbocycles. The number of aromatic nitrogens is 2. The van der Waals surface area contributed by atoms with E-state index >= 15 is 0 Å². The molecular weight excluding hydrogens is 286 g/mol. The first kappa shape index (κ1) is 13.7. The van der Waals surface area contributed by atoms with E-state index in [1.165, 1.54) is 4.70 Å². The molecule has 1 aromatic carbocycles. The Morgan fingerprint density at radius 1 is 1.15 bits per heavy atom. The van der Waals surface area contributed by atoms with Crippen molar-refractivity contribution in [3.05, 3.63) is 34.7 Å². The standard InChI is InChI=1S/C15H17N3S2/c1-15(2,3)12(16)14-18-10(8-19-14)13-17-9-6-4-5-7-11(9)20-13/h4-8,12H,16H2,1-3H3. The SMILES string of the molecule is CC(C)(C)C(N)c1nc(-c2nc3ccccc3s2)cs1. The van der Waals surface area contributed by atoms with Crippen LogP contribution < -0.4 is 5.73 Å². The smallest absolute Gasteiger partial charge is 0.143 e. The number of fused-ring (bicyclic) bond motifs is 1. The lowest BCUT2D eigenvalue weighted by molar-refractivity contribution is 0.326. The van der Waals surface area contributed by atoms with E-state index in [9.17, 15) is 0 Å². The Bertz CT molecular complexity index is 704. The lowest BCUT2D eigenvalue weighted by Gasteiger charge is -2.24. The van der Waals surface area contributed by atoms with Gasteiger partial charge in [-0.05, 0) is 17.5 Å². The third-order valence-electron chi connectivity index (χ3n) is 3.23. The second-order valence-corrected chi connectivity index (χ2v) is 7.82. The molecule has 3 nitrogen and oxygen atoms in total. The first-order chi connectivity index (χ1) is 9.45. The quantitative estimate of drug-likeness (QED) is 0.760. The molecule has 0 aliphatic heterocycles. The predicted molar refractivity (Wildman–Crippen MR) is 87.1 cm³/mol. The summed E-state index contributed by atoms with van der Waals surface area (Å²) in [6.07, 6.45) is 0. The third kappa shape index (κ3) is 2.49. The second-order valence-electron chi connectivity index (χ2n) is 5.90. The molecule has 0 fully saturated rings. The normalized spacial score (nSPS) is 13.8. The van der Waals surface area contributed by atoms with Gasteiger partial charge in [-0.15, -0.1) is 22.7 Å². The molecule has 0 aliphatic rings. The van der Waals surface area contributed by atoms with Crippen LogP contribution in [0, 0.1) is 5.41 Å². The maximum atomic E-state index is 6.27. The summed E-state index contributed by atoms with van der Waals surface area (Å²) in [5, 5.41) is 4.00. The van der Waals surface area contributed by atoms with Crippen molar-refractivity contribution in [2.45, 2.75) is 26.8 Å². The van der Waals surface area contributed by atoms with Gasteiger partial charge in [0, 0.05) is 5.38 Å². The number of benzene rings is 1. The van der Waals surface area contributed by atoms with Gasteiger partial charge in [-0.3, -0.25) is 0 Å². The minimum absolute atomic E-state index is 0.0166. The van der Waals surface area contributed by atoms with Gasteiger partial charge in [0.05, 0.1) is 16.3 Å². The number of nitrogens with zero attached hydrogens (tertiary/aromatic N) is 2. The zero-order valence-corrected chi connectivity index (χ0v) is 13.4. The highest BCUT2D eigenvalue weighted by Gasteiger charge is 2.25. The summed E-state index contributed by atoms with van der Waals surface area (Å²) in [5.41, 5.74) is 8.25. The molecule has 2 N–H and O–H groups in total. The van der Waals surface area contributed by atoms with Crippen molar-refractivity contribution in [1.29, 1.82) is 0 Å². The molecule has 3 rings (SSSR count). The molecule has 1 unspecified atom stereocenters. The Morgan fingerprint density at radius 2 is 1.90 bits per heavy atom. The molecule has 0 bridgehead atoms. The van der Waals surface area contributed by atoms with E-state index in [4.69, 9.17) is 5.73 Å².